The van der Waals surface area contributed by atoms with Crippen LogP contribution in [0, 0.1) is 17.2 Å². The maximum Gasteiger partial charge on any atom is 0.231 e. The Hall–Kier alpha value is -1.90. The van der Waals surface area contributed by atoms with Crippen LogP contribution >= 0.6 is 0 Å². The molecule has 0 aliphatic carbocycles. The van der Waals surface area contributed by atoms with Crippen LogP contribution < -0.4 is 10.6 Å². The Balaban J connectivity index is 1.95. The van der Waals surface area contributed by atoms with E-state index in [0.29, 0.717) is 19.6 Å². The number of benzene rings is 1. The summed E-state index contributed by atoms with van der Waals surface area (Å²) < 4.78 is 5.37. The monoisotopic (exact) mass is 273 g/mol. The standard InChI is InChI=1S/C15H19N3O2/c1-2-17-14-10-20-9-13(14)15(19)18-12-5-3-11(4-6-12)7-8-16/h3-6,13-14,17H,2,7,9-10H2,1H3,(H,18,19). The molecule has 1 aromatic carbocycles. The van der Waals surface area contributed by atoms with Gasteiger partial charge in [0.2, 0.25) is 5.91 Å². The largest absolute Gasteiger partial charge is 0.379 e. The summed E-state index contributed by atoms with van der Waals surface area (Å²) in [5, 5.41) is 14.8. The zero-order valence-electron chi connectivity index (χ0n) is 11.6. The van der Waals surface area contributed by atoms with Gasteiger partial charge in [0.1, 0.15) is 0 Å². The van der Waals surface area contributed by atoms with E-state index in [1.165, 1.54) is 0 Å². The second kappa shape index (κ2) is 7.04. The minimum absolute atomic E-state index is 0.0264. The zero-order chi connectivity index (χ0) is 14.4. The number of amides is 1. The Morgan fingerprint density at radius 2 is 2.15 bits per heavy atom. The van der Waals surface area contributed by atoms with Crippen molar-refractivity contribution in [3.05, 3.63) is 29.8 Å². The molecule has 0 spiro atoms. The molecule has 0 saturated carbocycles. The van der Waals surface area contributed by atoms with Crippen LogP contribution in [-0.2, 0) is 16.0 Å². The van der Waals surface area contributed by atoms with E-state index in [0.717, 1.165) is 17.8 Å². The summed E-state index contributed by atoms with van der Waals surface area (Å²) in [7, 11) is 0. The van der Waals surface area contributed by atoms with Gasteiger partial charge >= 0.3 is 0 Å². The van der Waals surface area contributed by atoms with Crippen LogP contribution in [-0.4, -0.2) is 31.7 Å². The van der Waals surface area contributed by atoms with Crippen molar-refractivity contribution in [3.8, 4) is 6.07 Å². The minimum Gasteiger partial charge on any atom is -0.379 e. The number of hydrogen-bond acceptors (Lipinski definition) is 4. The van der Waals surface area contributed by atoms with Gasteiger partial charge in [0.05, 0.1) is 31.6 Å². The smallest absolute Gasteiger partial charge is 0.231 e. The number of carbonyl (C=O) groups is 1. The number of nitriles is 1. The van der Waals surface area contributed by atoms with Crippen LogP contribution in [0.3, 0.4) is 0 Å². The number of nitrogens with zero attached hydrogens (tertiary/aromatic N) is 1. The van der Waals surface area contributed by atoms with E-state index in [4.69, 9.17) is 10.00 Å². The molecule has 5 nitrogen and oxygen atoms in total. The highest BCUT2D eigenvalue weighted by Gasteiger charge is 2.33. The van der Waals surface area contributed by atoms with Crippen LogP contribution in [0.15, 0.2) is 24.3 Å². The van der Waals surface area contributed by atoms with E-state index < -0.39 is 0 Å². The van der Waals surface area contributed by atoms with Crippen molar-refractivity contribution in [2.24, 2.45) is 5.92 Å². The summed E-state index contributed by atoms with van der Waals surface area (Å²) in [6.45, 7) is 3.87. The molecule has 106 valence electrons. The van der Waals surface area contributed by atoms with E-state index in [-0.39, 0.29) is 17.9 Å². The number of nitrogens with one attached hydrogen (secondary N) is 2. The third kappa shape index (κ3) is 3.56. The highest BCUT2D eigenvalue weighted by molar-refractivity contribution is 5.93. The van der Waals surface area contributed by atoms with Gasteiger partial charge in [0.15, 0.2) is 0 Å². The molecule has 1 aliphatic heterocycles. The molecule has 1 fully saturated rings. The van der Waals surface area contributed by atoms with Crippen molar-refractivity contribution in [3.63, 3.8) is 0 Å². The topological polar surface area (TPSA) is 74.2 Å². The number of carbonyl (C=O) groups excluding carboxylic acids is 1. The van der Waals surface area contributed by atoms with E-state index in [1.807, 2.05) is 31.2 Å². The molecule has 5 heteroatoms. The summed E-state index contributed by atoms with van der Waals surface area (Å²) >= 11 is 0. The third-order valence-corrected chi connectivity index (χ3v) is 3.39. The molecule has 1 amide bonds. The maximum absolute atomic E-state index is 12.2. The van der Waals surface area contributed by atoms with Crippen LogP contribution in [0.5, 0.6) is 0 Å². The minimum atomic E-state index is -0.159. The molecule has 2 unspecified atom stereocenters. The number of hydrogen-bond donors (Lipinski definition) is 2. The van der Waals surface area contributed by atoms with Crippen LogP contribution in [0.25, 0.3) is 0 Å². The molecule has 1 heterocycles. The van der Waals surface area contributed by atoms with Gasteiger partial charge in [-0.1, -0.05) is 19.1 Å². The SMILES string of the molecule is CCNC1COCC1C(=O)Nc1ccc(CC#N)cc1. The fourth-order valence-electron chi connectivity index (χ4n) is 2.31. The highest BCUT2D eigenvalue weighted by atomic mass is 16.5. The van der Waals surface area contributed by atoms with Gasteiger partial charge in [-0.3, -0.25) is 4.79 Å². The van der Waals surface area contributed by atoms with Gasteiger partial charge in [-0.05, 0) is 24.2 Å². The molecule has 0 aromatic heterocycles. The second-order valence-corrected chi connectivity index (χ2v) is 4.83. The fourth-order valence-corrected chi connectivity index (χ4v) is 2.31. The first kappa shape index (κ1) is 14.5. The molecule has 1 aromatic rings. The number of ether oxygens (including phenoxy) is 1. The molecular weight excluding hydrogens is 254 g/mol. The average Bonchev–Trinajstić information content (AvgIpc) is 2.90. The van der Waals surface area contributed by atoms with E-state index in [9.17, 15) is 4.79 Å². The summed E-state index contributed by atoms with van der Waals surface area (Å²) in [4.78, 5) is 12.2. The van der Waals surface area contributed by atoms with Gasteiger partial charge < -0.3 is 15.4 Å². The lowest BCUT2D eigenvalue weighted by atomic mass is 10.0. The zero-order valence-corrected chi connectivity index (χ0v) is 11.6. The van der Waals surface area contributed by atoms with Crippen LogP contribution in [0.2, 0.25) is 0 Å². The van der Waals surface area contributed by atoms with Crippen molar-refractivity contribution in [1.29, 1.82) is 5.26 Å². The normalized spacial score (nSPS) is 21.4. The van der Waals surface area contributed by atoms with Crippen molar-refractivity contribution in [2.45, 2.75) is 19.4 Å². The molecule has 20 heavy (non-hydrogen) atoms. The molecule has 0 bridgehead atoms. The van der Waals surface area contributed by atoms with Gasteiger partial charge in [-0.15, -0.1) is 0 Å². The Morgan fingerprint density at radius 1 is 1.40 bits per heavy atom. The predicted octanol–water partition coefficient (Wildman–Crippen LogP) is 1.32. The van der Waals surface area contributed by atoms with E-state index in [2.05, 4.69) is 16.7 Å². The first-order chi connectivity index (χ1) is 9.74. The van der Waals surface area contributed by atoms with Crippen LogP contribution in [0.1, 0.15) is 12.5 Å². The third-order valence-electron chi connectivity index (χ3n) is 3.39. The van der Waals surface area contributed by atoms with Crippen molar-refractivity contribution >= 4 is 11.6 Å². The number of rotatable bonds is 5. The van der Waals surface area contributed by atoms with Gasteiger partial charge in [0.25, 0.3) is 0 Å². The molecular formula is C15H19N3O2. The number of likely N-dealkylation sites (N-methyl/N-ethyl adjacent to an activating group) is 1. The van der Waals surface area contributed by atoms with Crippen molar-refractivity contribution < 1.29 is 9.53 Å². The lowest BCUT2D eigenvalue weighted by Gasteiger charge is -2.17. The van der Waals surface area contributed by atoms with Crippen molar-refractivity contribution in [1.82, 2.24) is 5.32 Å². The molecule has 2 N–H and O–H groups in total. The summed E-state index contributed by atoms with van der Waals surface area (Å²) in [6, 6.07) is 9.53. The quantitative estimate of drug-likeness (QED) is 0.848. The van der Waals surface area contributed by atoms with Gasteiger partial charge in [0, 0.05) is 11.7 Å². The van der Waals surface area contributed by atoms with Gasteiger partial charge in [-0.2, -0.15) is 5.26 Å². The Bertz CT molecular complexity index is 493. The molecule has 1 saturated heterocycles. The van der Waals surface area contributed by atoms with E-state index >= 15 is 0 Å². The molecule has 0 radical (unpaired) electrons. The fraction of sp³-hybridized carbons (Fsp3) is 0.467. The summed E-state index contributed by atoms with van der Waals surface area (Å²) in [5.41, 5.74) is 1.69. The molecule has 2 atom stereocenters. The van der Waals surface area contributed by atoms with E-state index in [1.54, 1.807) is 0 Å². The Morgan fingerprint density at radius 3 is 2.80 bits per heavy atom. The Kier molecular flexibility index (Phi) is 5.10. The van der Waals surface area contributed by atoms with Crippen LogP contribution in [0.4, 0.5) is 5.69 Å². The second-order valence-electron chi connectivity index (χ2n) is 4.83. The maximum atomic E-state index is 12.2. The van der Waals surface area contributed by atoms with Gasteiger partial charge in [-0.25, -0.2) is 0 Å². The Labute approximate surface area is 118 Å². The first-order valence-corrected chi connectivity index (χ1v) is 6.82. The predicted molar refractivity (Wildman–Crippen MR) is 76.2 cm³/mol. The number of anilines is 1. The first-order valence-electron chi connectivity index (χ1n) is 6.82. The molecule has 1 aliphatic rings. The lowest BCUT2D eigenvalue weighted by Crippen LogP contribution is -2.41. The average molecular weight is 273 g/mol. The summed E-state index contributed by atoms with van der Waals surface area (Å²) in [5.74, 6) is -0.185. The van der Waals surface area contributed by atoms with Crippen molar-refractivity contribution in [2.75, 3.05) is 25.1 Å². The summed E-state index contributed by atoms with van der Waals surface area (Å²) in [6.07, 6.45) is 0.382. The lowest BCUT2D eigenvalue weighted by molar-refractivity contribution is -0.120. The molecule has 2 rings (SSSR count). The highest BCUT2D eigenvalue weighted by Crippen LogP contribution is 2.17.